The molecular weight excluding hydrogens is 427 g/mol. The molecular formula is C23H29FN6O3. The van der Waals surface area contributed by atoms with Crippen LogP contribution in [0.5, 0.6) is 0 Å². The van der Waals surface area contributed by atoms with Crippen LogP contribution in [0.25, 0.3) is 22.6 Å². The second-order valence-electron chi connectivity index (χ2n) is 8.25. The van der Waals surface area contributed by atoms with Crippen molar-refractivity contribution in [2.75, 3.05) is 52.3 Å². The highest BCUT2D eigenvalue weighted by Crippen LogP contribution is 2.33. The molecule has 0 spiro atoms. The molecule has 0 unspecified atom stereocenters. The zero-order chi connectivity index (χ0) is 23.2. The first-order chi connectivity index (χ1) is 16.0. The first-order valence-corrected chi connectivity index (χ1v) is 11.0. The van der Waals surface area contributed by atoms with Crippen LogP contribution in [0.3, 0.4) is 0 Å². The van der Waals surface area contributed by atoms with Gasteiger partial charge in [-0.3, -0.25) is 0 Å². The first kappa shape index (κ1) is 23.2. The van der Waals surface area contributed by atoms with E-state index in [2.05, 4.69) is 25.2 Å². The zero-order valence-corrected chi connectivity index (χ0v) is 18.8. The van der Waals surface area contributed by atoms with E-state index in [1.807, 2.05) is 14.1 Å². The molecule has 4 rings (SSSR count). The van der Waals surface area contributed by atoms with Gasteiger partial charge in [0.15, 0.2) is 5.82 Å². The van der Waals surface area contributed by atoms with Crippen molar-refractivity contribution in [1.29, 1.82) is 0 Å². The summed E-state index contributed by atoms with van der Waals surface area (Å²) in [5.74, 6) is 0.620. The molecule has 1 fully saturated rings. The third-order valence-corrected chi connectivity index (χ3v) is 5.26. The van der Waals surface area contributed by atoms with Crippen LogP contribution in [0.15, 0.2) is 36.5 Å². The van der Waals surface area contributed by atoms with Gasteiger partial charge in [-0.2, -0.15) is 0 Å². The van der Waals surface area contributed by atoms with Crippen molar-refractivity contribution < 1.29 is 19.0 Å². The number of H-pyrrole nitrogens is 1. The number of aliphatic hydroxyl groups excluding tert-OH is 1. The Bertz CT molecular complexity index is 1030. The second-order valence-corrected chi connectivity index (χ2v) is 8.25. The first-order valence-electron chi connectivity index (χ1n) is 11.0. The molecule has 1 aliphatic rings. The summed E-state index contributed by atoms with van der Waals surface area (Å²) in [7, 11) is 4.07. The molecule has 0 aliphatic carbocycles. The van der Waals surface area contributed by atoms with Crippen LogP contribution in [-0.4, -0.2) is 76.9 Å². The lowest BCUT2D eigenvalue weighted by Gasteiger charge is -2.26. The molecule has 0 saturated carbocycles. The number of aromatic amines is 1. The molecule has 9 nitrogen and oxygen atoms in total. The SMILES string of the molecule is CN(C)CCCNc1nccc(-c2[nH]c(C3OCC(CO)CO3)nc2-c2ccc(F)cc2)n1. The normalized spacial score (nSPS) is 18.6. The Morgan fingerprint density at radius 1 is 1.15 bits per heavy atom. The van der Waals surface area contributed by atoms with Crippen LogP contribution in [0, 0.1) is 11.7 Å². The summed E-state index contributed by atoms with van der Waals surface area (Å²) in [6.45, 7) is 2.46. The summed E-state index contributed by atoms with van der Waals surface area (Å²) in [6.07, 6.45) is 1.96. The van der Waals surface area contributed by atoms with Gasteiger partial charge in [-0.15, -0.1) is 0 Å². The summed E-state index contributed by atoms with van der Waals surface area (Å²) in [6, 6.07) is 7.92. The third kappa shape index (κ3) is 5.91. The number of rotatable bonds is 9. The Balaban J connectivity index is 1.61. The maximum Gasteiger partial charge on any atom is 0.223 e. The highest BCUT2D eigenvalue weighted by molar-refractivity contribution is 5.77. The molecule has 0 bridgehead atoms. The van der Waals surface area contributed by atoms with E-state index < -0.39 is 6.29 Å². The van der Waals surface area contributed by atoms with Gasteiger partial charge in [0.1, 0.15) is 5.82 Å². The Labute approximate surface area is 192 Å². The van der Waals surface area contributed by atoms with Gasteiger partial charge in [0.2, 0.25) is 12.2 Å². The van der Waals surface area contributed by atoms with Gasteiger partial charge in [0.25, 0.3) is 0 Å². The summed E-state index contributed by atoms with van der Waals surface area (Å²) >= 11 is 0. The van der Waals surface area contributed by atoms with Gasteiger partial charge >= 0.3 is 0 Å². The van der Waals surface area contributed by atoms with E-state index in [0.717, 1.165) is 25.1 Å². The van der Waals surface area contributed by atoms with Crippen molar-refractivity contribution in [3.8, 4) is 22.6 Å². The zero-order valence-electron chi connectivity index (χ0n) is 18.8. The fraction of sp³-hybridized carbons (Fsp3) is 0.435. The standard InChI is InChI=1S/C23H29FN6O3/c1-30(2)11-3-9-25-23-26-10-8-18(27-23)20-19(16-4-6-17(24)7-5-16)28-21(29-20)22-32-13-15(12-31)14-33-22/h4-8,10,15,22,31H,3,9,11-14H2,1-2H3,(H,28,29)(H,25,26,27). The van der Waals surface area contributed by atoms with Crippen LogP contribution >= 0.6 is 0 Å². The quantitative estimate of drug-likeness (QED) is 0.422. The van der Waals surface area contributed by atoms with Crippen molar-refractivity contribution in [1.82, 2.24) is 24.8 Å². The maximum atomic E-state index is 13.5. The molecule has 1 aliphatic heterocycles. The number of benzene rings is 1. The number of hydrogen-bond acceptors (Lipinski definition) is 8. The lowest BCUT2D eigenvalue weighted by atomic mass is 10.1. The topological polar surface area (TPSA) is 108 Å². The van der Waals surface area contributed by atoms with Crippen LogP contribution in [0.1, 0.15) is 18.5 Å². The maximum absolute atomic E-state index is 13.5. The molecule has 1 aromatic carbocycles. The molecule has 3 aromatic rings. The highest BCUT2D eigenvalue weighted by Gasteiger charge is 2.27. The molecule has 10 heteroatoms. The molecule has 0 radical (unpaired) electrons. The van der Waals surface area contributed by atoms with E-state index in [0.29, 0.717) is 42.1 Å². The summed E-state index contributed by atoms with van der Waals surface area (Å²) in [5.41, 5.74) is 2.64. The van der Waals surface area contributed by atoms with Crippen molar-refractivity contribution in [2.24, 2.45) is 5.92 Å². The molecule has 1 saturated heterocycles. The van der Waals surface area contributed by atoms with E-state index in [4.69, 9.17) is 14.5 Å². The number of hydrogen-bond donors (Lipinski definition) is 3. The molecule has 3 heterocycles. The highest BCUT2D eigenvalue weighted by atomic mass is 19.1. The predicted molar refractivity (Wildman–Crippen MR) is 122 cm³/mol. The molecule has 3 N–H and O–H groups in total. The summed E-state index contributed by atoms with van der Waals surface area (Å²) < 4.78 is 25.0. The van der Waals surface area contributed by atoms with E-state index in [1.54, 1.807) is 24.4 Å². The average Bonchev–Trinajstić information content (AvgIpc) is 3.28. The smallest absolute Gasteiger partial charge is 0.223 e. The van der Waals surface area contributed by atoms with Crippen LogP contribution in [0.4, 0.5) is 10.3 Å². The van der Waals surface area contributed by atoms with Crippen molar-refractivity contribution in [2.45, 2.75) is 12.7 Å². The number of ether oxygens (including phenoxy) is 2. The fourth-order valence-electron chi connectivity index (χ4n) is 3.49. The van der Waals surface area contributed by atoms with Gasteiger partial charge in [-0.1, -0.05) is 0 Å². The Morgan fingerprint density at radius 2 is 1.91 bits per heavy atom. The van der Waals surface area contributed by atoms with Gasteiger partial charge in [0.05, 0.1) is 36.9 Å². The van der Waals surface area contributed by atoms with Crippen molar-refractivity contribution in [3.05, 3.63) is 48.2 Å². The fourth-order valence-corrected chi connectivity index (χ4v) is 3.49. The minimum Gasteiger partial charge on any atom is -0.396 e. The van der Waals surface area contributed by atoms with E-state index >= 15 is 0 Å². The molecule has 2 aromatic heterocycles. The summed E-state index contributed by atoms with van der Waals surface area (Å²) in [5, 5.41) is 12.6. The van der Waals surface area contributed by atoms with E-state index in [9.17, 15) is 9.50 Å². The number of anilines is 1. The Kier molecular flexibility index (Phi) is 7.61. The number of aromatic nitrogens is 4. The largest absolute Gasteiger partial charge is 0.396 e. The van der Waals surface area contributed by atoms with Crippen LogP contribution in [-0.2, 0) is 9.47 Å². The number of aliphatic hydroxyl groups is 1. The monoisotopic (exact) mass is 456 g/mol. The number of nitrogens with one attached hydrogen (secondary N) is 2. The van der Waals surface area contributed by atoms with Crippen LogP contribution < -0.4 is 5.32 Å². The summed E-state index contributed by atoms with van der Waals surface area (Å²) in [4.78, 5) is 19.1. The van der Waals surface area contributed by atoms with Crippen molar-refractivity contribution in [3.63, 3.8) is 0 Å². The number of halogens is 1. The molecule has 0 atom stereocenters. The Hall–Kier alpha value is -2.92. The number of nitrogens with zero attached hydrogens (tertiary/aromatic N) is 4. The van der Waals surface area contributed by atoms with Gasteiger partial charge in [-0.25, -0.2) is 19.3 Å². The lowest BCUT2D eigenvalue weighted by Crippen LogP contribution is -2.29. The molecule has 176 valence electrons. The predicted octanol–water partition coefficient (Wildman–Crippen LogP) is 2.69. The number of imidazole rings is 1. The minimum absolute atomic E-state index is 0.00219. The van der Waals surface area contributed by atoms with Gasteiger partial charge < -0.3 is 29.8 Å². The van der Waals surface area contributed by atoms with E-state index in [1.165, 1.54) is 12.1 Å². The second kappa shape index (κ2) is 10.8. The van der Waals surface area contributed by atoms with Gasteiger partial charge in [-0.05, 0) is 57.4 Å². The Morgan fingerprint density at radius 3 is 2.61 bits per heavy atom. The van der Waals surface area contributed by atoms with Crippen LogP contribution in [0.2, 0.25) is 0 Å². The average molecular weight is 457 g/mol. The lowest BCUT2D eigenvalue weighted by molar-refractivity contribution is -0.213. The van der Waals surface area contributed by atoms with Gasteiger partial charge in [0, 0.05) is 24.2 Å². The minimum atomic E-state index is -0.689. The van der Waals surface area contributed by atoms with Crippen molar-refractivity contribution >= 4 is 5.95 Å². The molecule has 33 heavy (non-hydrogen) atoms. The van der Waals surface area contributed by atoms with E-state index in [-0.39, 0.29) is 18.3 Å². The third-order valence-electron chi connectivity index (χ3n) is 5.26. The molecule has 0 amide bonds.